The molecule has 1 aliphatic carbocycles. The molecule has 1 aliphatic heterocycles. The van der Waals surface area contributed by atoms with Crippen LogP contribution in [0.3, 0.4) is 0 Å². The van der Waals surface area contributed by atoms with Crippen LogP contribution in [0.5, 0.6) is 0 Å². The zero-order valence-electron chi connectivity index (χ0n) is 9.69. The van der Waals surface area contributed by atoms with Crippen molar-refractivity contribution in [3.05, 3.63) is 0 Å². The van der Waals surface area contributed by atoms with Crippen molar-refractivity contribution in [2.45, 2.75) is 44.2 Å². The summed E-state index contributed by atoms with van der Waals surface area (Å²) in [7, 11) is -2.78. The molecule has 94 valence electrons. The minimum atomic E-state index is -2.78. The zero-order valence-corrected chi connectivity index (χ0v) is 10.5. The van der Waals surface area contributed by atoms with E-state index in [-0.39, 0.29) is 6.04 Å². The highest BCUT2D eigenvalue weighted by Crippen LogP contribution is 2.23. The summed E-state index contributed by atoms with van der Waals surface area (Å²) in [6.45, 7) is 0.938. The Kier molecular flexibility index (Phi) is 3.87. The standard InChI is InChI=1S/C11H22N2O2S/c12-10-4-3-9(6-10)7-13-11-2-1-5-16(14,15)8-11/h9-11,13H,1-8,12H2. The second kappa shape index (κ2) is 5.02. The first-order valence-electron chi connectivity index (χ1n) is 6.24. The van der Waals surface area contributed by atoms with Crippen LogP contribution in [-0.4, -0.2) is 38.6 Å². The zero-order chi connectivity index (χ0) is 11.6. The number of hydrogen-bond donors (Lipinski definition) is 2. The predicted octanol–water partition coefficient (Wildman–Crippen LogP) is 0.281. The van der Waals surface area contributed by atoms with Gasteiger partial charge in [0.1, 0.15) is 0 Å². The summed E-state index contributed by atoms with van der Waals surface area (Å²) >= 11 is 0. The van der Waals surface area contributed by atoms with Gasteiger partial charge in [0.05, 0.1) is 11.5 Å². The summed E-state index contributed by atoms with van der Waals surface area (Å²) in [5, 5.41) is 3.40. The van der Waals surface area contributed by atoms with Crippen LogP contribution in [-0.2, 0) is 9.84 Å². The number of rotatable bonds is 3. The Morgan fingerprint density at radius 2 is 2.06 bits per heavy atom. The van der Waals surface area contributed by atoms with E-state index in [0.29, 0.717) is 23.5 Å². The van der Waals surface area contributed by atoms with E-state index in [1.165, 1.54) is 6.42 Å². The fraction of sp³-hybridized carbons (Fsp3) is 1.00. The third-order valence-corrected chi connectivity index (χ3v) is 5.56. The molecular formula is C11H22N2O2S. The fourth-order valence-corrected chi connectivity index (χ4v) is 4.49. The Hall–Kier alpha value is -0.130. The highest BCUT2D eigenvalue weighted by atomic mass is 32.2. The van der Waals surface area contributed by atoms with Gasteiger partial charge in [0.25, 0.3) is 0 Å². The quantitative estimate of drug-likeness (QED) is 0.750. The van der Waals surface area contributed by atoms with Crippen molar-refractivity contribution in [1.82, 2.24) is 5.32 Å². The summed E-state index contributed by atoms with van der Waals surface area (Å²) in [4.78, 5) is 0. The third-order valence-electron chi connectivity index (χ3n) is 3.74. The van der Waals surface area contributed by atoms with Crippen molar-refractivity contribution in [3.8, 4) is 0 Å². The topological polar surface area (TPSA) is 72.2 Å². The minimum absolute atomic E-state index is 0.176. The summed E-state index contributed by atoms with van der Waals surface area (Å²) in [6, 6.07) is 0.539. The summed E-state index contributed by atoms with van der Waals surface area (Å²) in [6.07, 6.45) is 5.21. The smallest absolute Gasteiger partial charge is 0.151 e. The minimum Gasteiger partial charge on any atom is -0.328 e. The highest BCUT2D eigenvalue weighted by Gasteiger charge is 2.26. The normalized spacial score (nSPS) is 38.7. The Morgan fingerprint density at radius 1 is 1.25 bits per heavy atom. The Balaban J connectivity index is 1.73. The molecule has 0 radical (unpaired) electrons. The molecule has 3 N–H and O–H groups in total. The van der Waals surface area contributed by atoms with Gasteiger partial charge in [0.15, 0.2) is 9.84 Å². The Labute approximate surface area is 97.9 Å². The van der Waals surface area contributed by atoms with Crippen molar-refractivity contribution in [1.29, 1.82) is 0 Å². The van der Waals surface area contributed by atoms with Crippen molar-refractivity contribution in [2.24, 2.45) is 11.7 Å². The number of nitrogens with one attached hydrogen (secondary N) is 1. The highest BCUT2D eigenvalue weighted by molar-refractivity contribution is 7.91. The van der Waals surface area contributed by atoms with Gasteiger partial charge in [0.2, 0.25) is 0 Å². The van der Waals surface area contributed by atoms with E-state index in [0.717, 1.165) is 32.2 Å². The van der Waals surface area contributed by atoms with Crippen LogP contribution in [0.2, 0.25) is 0 Å². The molecule has 0 aromatic rings. The molecule has 3 atom stereocenters. The van der Waals surface area contributed by atoms with Crippen molar-refractivity contribution in [2.75, 3.05) is 18.1 Å². The van der Waals surface area contributed by atoms with Gasteiger partial charge in [-0.1, -0.05) is 0 Å². The van der Waals surface area contributed by atoms with Crippen LogP contribution in [0, 0.1) is 5.92 Å². The average Bonchev–Trinajstić information content (AvgIpc) is 2.60. The molecule has 0 amide bonds. The van der Waals surface area contributed by atoms with Crippen LogP contribution < -0.4 is 11.1 Å². The molecule has 1 saturated carbocycles. The molecule has 16 heavy (non-hydrogen) atoms. The maximum Gasteiger partial charge on any atom is 0.151 e. The fourth-order valence-electron chi connectivity index (χ4n) is 2.82. The lowest BCUT2D eigenvalue weighted by Crippen LogP contribution is -2.42. The first-order chi connectivity index (χ1) is 7.55. The summed E-state index contributed by atoms with van der Waals surface area (Å²) < 4.78 is 22.9. The number of nitrogens with two attached hydrogens (primary N) is 1. The van der Waals surface area contributed by atoms with E-state index in [2.05, 4.69) is 5.32 Å². The molecular weight excluding hydrogens is 224 g/mol. The molecule has 0 bridgehead atoms. The predicted molar refractivity (Wildman–Crippen MR) is 65.0 cm³/mol. The van der Waals surface area contributed by atoms with E-state index in [1.54, 1.807) is 0 Å². The van der Waals surface area contributed by atoms with Crippen molar-refractivity contribution >= 4 is 9.84 Å². The molecule has 3 unspecified atom stereocenters. The van der Waals surface area contributed by atoms with Crippen LogP contribution >= 0.6 is 0 Å². The Bertz CT molecular complexity index is 329. The van der Waals surface area contributed by atoms with Gasteiger partial charge in [-0.25, -0.2) is 8.42 Å². The molecule has 2 fully saturated rings. The third kappa shape index (κ3) is 3.43. The van der Waals surface area contributed by atoms with Gasteiger partial charge >= 0.3 is 0 Å². The maximum absolute atomic E-state index is 11.4. The molecule has 1 heterocycles. The molecule has 4 nitrogen and oxygen atoms in total. The van der Waals surface area contributed by atoms with Crippen molar-refractivity contribution in [3.63, 3.8) is 0 Å². The second-order valence-electron chi connectivity index (χ2n) is 5.30. The van der Waals surface area contributed by atoms with Gasteiger partial charge in [-0.2, -0.15) is 0 Å². The molecule has 0 aromatic carbocycles. The van der Waals surface area contributed by atoms with Gasteiger partial charge in [-0.05, 0) is 44.6 Å². The van der Waals surface area contributed by atoms with Gasteiger partial charge in [-0.3, -0.25) is 0 Å². The molecule has 5 heteroatoms. The van der Waals surface area contributed by atoms with Gasteiger partial charge < -0.3 is 11.1 Å². The molecule has 2 rings (SSSR count). The molecule has 0 aromatic heterocycles. The van der Waals surface area contributed by atoms with E-state index in [4.69, 9.17) is 5.73 Å². The van der Waals surface area contributed by atoms with Gasteiger partial charge in [-0.15, -0.1) is 0 Å². The monoisotopic (exact) mass is 246 g/mol. The number of sulfone groups is 1. The summed E-state index contributed by atoms with van der Waals surface area (Å²) in [5.41, 5.74) is 5.85. The second-order valence-corrected chi connectivity index (χ2v) is 7.53. The van der Waals surface area contributed by atoms with E-state index >= 15 is 0 Å². The number of hydrogen-bond acceptors (Lipinski definition) is 4. The van der Waals surface area contributed by atoms with Crippen LogP contribution in [0.25, 0.3) is 0 Å². The lowest BCUT2D eigenvalue weighted by molar-refractivity contribution is 0.418. The first-order valence-corrected chi connectivity index (χ1v) is 8.07. The lowest BCUT2D eigenvalue weighted by atomic mass is 10.1. The molecule has 1 saturated heterocycles. The largest absolute Gasteiger partial charge is 0.328 e. The van der Waals surface area contributed by atoms with E-state index in [1.807, 2.05) is 0 Å². The Morgan fingerprint density at radius 3 is 2.69 bits per heavy atom. The van der Waals surface area contributed by atoms with E-state index in [9.17, 15) is 8.42 Å². The van der Waals surface area contributed by atoms with E-state index < -0.39 is 9.84 Å². The SMILES string of the molecule is NC1CCC(CNC2CCCS(=O)(=O)C2)C1. The van der Waals surface area contributed by atoms with Gasteiger partial charge in [0, 0.05) is 12.1 Å². The summed E-state index contributed by atoms with van der Waals surface area (Å²) in [5.74, 6) is 1.35. The van der Waals surface area contributed by atoms with Crippen molar-refractivity contribution < 1.29 is 8.42 Å². The average molecular weight is 246 g/mol. The van der Waals surface area contributed by atoms with Crippen LogP contribution in [0.4, 0.5) is 0 Å². The maximum atomic E-state index is 11.4. The lowest BCUT2D eigenvalue weighted by Gasteiger charge is -2.24. The molecule has 0 spiro atoms. The molecule has 2 aliphatic rings. The first kappa shape index (κ1) is 12.3. The van der Waals surface area contributed by atoms with Crippen LogP contribution in [0.15, 0.2) is 0 Å². The van der Waals surface area contributed by atoms with Crippen LogP contribution in [0.1, 0.15) is 32.1 Å².